The highest BCUT2D eigenvalue weighted by Gasteiger charge is 2.33. The highest BCUT2D eigenvalue weighted by atomic mass is 16.6. The summed E-state index contributed by atoms with van der Waals surface area (Å²) >= 11 is 0. The molecule has 0 bridgehead atoms. The number of methoxy groups -OCH3 is 1. The second-order valence-corrected chi connectivity index (χ2v) is 5.11. The molecule has 0 amide bonds. The maximum Gasteiger partial charge on any atom is 0.347 e. The van der Waals surface area contributed by atoms with Crippen LogP contribution in [0.2, 0.25) is 0 Å². The molecule has 2 rings (SSSR count). The third-order valence-corrected chi connectivity index (χ3v) is 3.75. The lowest BCUT2D eigenvalue weighted by Crippen LogP contribution is -2.36. The van der Waals surface area contributed by atoms with Gasteiger partial charge in [-0.1, -0.05) is 37.5 Å². The second-order valence-electron chi connectivity index (χ2n) is 5.11. The van der Waals surface area contributed by atoms with E-state index in [1.165, 1.54) is 13.5 Å². The summed E-state index contributed by atoms with van der Waals surface area (Å²) in [5.41, 5.74) is 0.456. The van der Waals surface area contributed by atoms with Gasteiger partial charge in [0.05, 0.1) is 12.7 Å². The number of carbonyl (C=O) groups is 2. The number of ether oxygens (including phenoxy) is 2. The fourth-order valence-electron chi connectivity index (χ4n) is 2.65. The van der Waals surface area contributed by atoms with Crippen molar-refractivity contribution in [2.45, 2.75) is 38.2 Å². The Labute approximate surface area is 119 Å². The maximum atomic E-state index is 12.1. The Balaban J connectivity index is 2.07. The molecule has 0 aromatic heterocycles. The summed E-state index contributed by atoms with van der Waals surface area (Å²) in [7, 11) is 1.33. The first-order chi connectivity index (χ1) is 9.72. The molecule has 20 heavy (non-hydrogen) atoms. The number of esters is 2. The first-order valence-corrected chi connectivity index (χ1v) is 7.06. The van der Waals surface area contributed by atoms with E-state index >= 15 is 0 Å². The van der Waals surface area contributed by atoms with Crippen LogP contribution >= 0.6 is 0 Å². The van der Waals surface area contributed by atoms with E-state index in [0.29, 0.717) is 5.56 Å². The van der Waals surface area contributed by atoms with Crippen LogP contribution in [-0.4, -0.2) is 25.2 Å². The summed E-state index contributed by atoms with van der Waals surface area (Å²) < 4.78 is 10.2. The molecule has 0 radical (unpaired) electrons. The minimum Gasteiger partial charge on any atom is -0.466 e. The van der Waals surface area contributed by atoms with Gasteiger partial charge in [0, 0.05) is 5.92 Å². The Morgan fingerprint density at radius 2 is 1.75 bits per heavy atom. The maximum absolute atomic E-state index is 12.1. The van der Waals surface area contributed by atoms with E-state index in [0.717, 1.165) is 25.7 Å². The van der Waals surface area contributed by atoms with Crippen LogP contribution in [-0.2, 0) is 14.3 Å². The average molecular weight is 276 g/mol. The van der Waals surface area contributed by atoms with Gasteiger partial charge >= 0.3 is 11.9 Å². The van der Waals surface area contributed by atoms with Gasteiger partial charge in [0.1, 0.15) is 0 Å². The Hall–Kier alpha value is -1.84. The van der Waals surface area contributed by atoms with Crippen molar-refractivity contribution in [1.82, 2.24) is 0 Å². The molecule has 4 heteroatoms. The minimum absolute atomic E-state index is 0.0730. The van der Waals surface area contributed by atoms with E-state index in [1.807, 2.05) is 6.07 Å². The normalized spacial score (nSPS) is 17.2. The lowest BCUT2D eigenvalue weighted by Gasteiger charge is -2.28. The van der Waals surface area contributed by atoms with Crippen LogP contribution in [0.4, 0.5) is 0 Å². The smallest absolute Gasteiger partial charge is 0.347 e. The van der Waals surface area contributed by atoms with Crippen LogP contribution < -0.4 is 0 Å². The van der Waals surface area contributed by atoms with E-state index in [2.05, 4.69) is 0 Å². The predicted octanol–water partition coefficient (Wildman–Crippen LogP) is 2.97. The summed E-state index contributed by atoms with van der Waals surface area (Å²) in [6, 6.07) is 8.72. The second kappa shape index (κ2) is 7.08. The van der Waals surface area contributed by atoms with Gasteiger partial charge in [-0.05, 0) is 25.0 Å². The van der Waals surface area contributed by atoms with Gasteiger partial charge in [0.15, 0.2) is 0 Å². The highest BCUT2D eigenvalue weighted by molar-refractivity contribution is 5.91. The molecule has 4 nitrogen and oxygen atoms in total. The van der Waals surface area contributed by atoms with Crippen LogP contribution in [0.5, 0.6) is 0 Å². The molecule has 1 aliphatic rings. The van der Waals surface area contributed by atoms with E-state index in [-0.39, 0.29) is 5.92 Å². The van der Waals surface area contributed by atoms with Crippen LogP contribution in [0.1, 0.15) is 42.5 Å². The van der Waals surface area contributed by atoms with Gasteiger partial charge in [-0.3, -0.25) is 0 Å². The Morgan fingerprint density at radius 3 is 2.35 bits per heavy atom. The first kappa shape index (κ1) is 14.6. The van der Waals surface area contributed by atoms with Crippen molar-refractivity contribution >= 4 is 11.9 Å². The molecule has 0 unspecified atom stereocenters. The Morgan fingerprint density at radius 1 is 1.10 bits per heavy atom. The molecule has 0 spiro atoms. The number of hydrogen-bond donors (Lipinski definition) is 0. The third-order valence-electron chi connectivity index (χ3n) is 3.75. The molecule has 108 valence electrons. The molecule has 0 heterocycles. The molecule has 1 aromatic rings. The van der Waals surface area contributed by atoms with Gasteiger partial charge in [0.25, 0.3) is 0 Å². The van der Waals surface area contributed by atoms with E-state index < -0.39 is 18.0 Å². The van der Waals surface area contributed by atoms with Crippen molar-refractivity contribution < 1.29 is 19.1 Å². The van der Waals surface area contributed by atoms with Gasteiger partial charge < -0.3 is 9.47 Å². The Bertz CT molecular complexity index is 449. The molecule has 0 saturated heterocycles. The zero-order valence-electron chi connectivity index (χ0n) is 11.7. The van der Waals surface area contributed by atoms with Crippen molar-refractivity contribution in [1.29, 1.82) is 0 Å². The Kier molecular flexibility index (Phi) is 5.16. The topological polar surface area (TPSA) is 52.6 Å². The zero-order valence-corrected chi connectivity index (χ0v) is 11.7. The quantitative estimate of drug-likeness (QED) is 0.793. The zero-order chi connectivity index (χ0) is 14.4. The van der Waals surface area contributed by atoms with Gasteiger partial charge in [-0.15, -0.1) is 0 Å². The predicted molar refractivity (Wildman–Crippen MR) is 74.2 cm³/mol. The average Bonchev–Trinajstić information content (AvgIpc) is 2.53. The molecule has 0 aliphatic heterocycles. The fourth-order valence-corrected chi connectivity index (χ4v) is 2.65. The minimum atomic E-state index is -0.784. The van der Waals surface area contributed by atoms with Crippen molar-refractivity contribution in [3.05, 3.63) is 35.9 Å². The number of carbonyl (C=O) groups excluding carboxylic acids is 2. The van der Waals surface area contributed by atoms with Crippen molar-refractivity contribution in [2.24, 2.45) is 5.92 Å². The molecule has 1 fully saturated rings. The van der Waals surface area contributed by atoms with Gasteiger partial charge in [-0.2, -0.15) is 0 Å². The summed E-state index contributed by atoms with van der Waals surface area (Å²) in [6.45, 7) is 0. The van der Waals surface area contributed by atoms with E-state index in [1.54, 1.807) is 24.3 Å². The molecule has 0 N–H and O–H groups in total. The van der Waals surface area contributed by atoms with Crippen LogP contribution in [0, 0.1) is 5.92 Å². The SMILES string of the molecule is COC(=O)[C@H](OC(=O)c1ccccc1)C1CCCCC1. The molecular formula is C16H20O4. The molecule has 1 saturated carbocycles. The molecular weight excluding hydrogens is 256 g/mol. The van der Waals surface area contributed by atoms with Crippen molar-refractivity contribution in [2.75, 3.05) is 7.11 Å². The van der Waals surface area contributed by atoms with Gasteiger partial charge in [-0.25, -0.2) is 9.59 Å². The van der Waals surface area contributed by atoms with Crippen LogP contribution in [0.3, 0.4) is 0 Å². The van der Waals surface area contributed by atoms with Crippen LogP contribution in [0.15, 0.2) is 30.3 Å². The van der Waals surface area contributed by atoms with Crippen molar-refractivity contribution in [3.8, 4) is 0 Å². The van der Waals surface area contributed by atoms with Gasteiger partial charge in [0.2, 0.25) is 6.10 Å². The fraction of sp³-hybridized carbons (Fsp3) is 0.500. The standard InChI is InChI=1S/C16H20O4/c1-19-16(18)14(12-8-4-2-5-9-12)20-15(17)13-10-6-3-7-11-13/h3,6-7,10-12,14H,2,4-5,8-9H2,1H3/t14-/m1/s1. The largest absolute Gasteiger partial charge is 0.466 e. The summed E-state index contributed by atoms with van der Waals surface area (Å²) in [5.74, 6) is -0.850. The first-order valence-electron chi connectivity index (χ1n) is 7.06. The van der Waals surface area contributed by atoms with Crippen LogP contribution in [0.25, 0.3) is 0 Å². The molecule has 1 aromatic carbocycles. The molecule has 1 aliphatic carbocycles. The number of hydrogen-bond acceptors (Lipinski definition) is 4. The third kappa shape index (κ3) is 3.59. The number of benzene rings is 1. The molecule has 1 atom stereocenters. The summed E-state index contributed by atoms with van der Waals surface area (Å²) in [6.07, 6.45) is 4.34. The van der Waals surface area contributed by atoms with E-state index in [9.17, 15) is 9.59 Å². The summed E-state index contributed by atoms with van der Waals surface area (Å²) in [5, 5.41) is 0. The number of rotatable bonds is 4. The van der Waals surface area contributed by atoms with Crippen molar-refractivity contribution in [3.63, 3.8) is 0 Å². The monoisotopic (exact) mass is 276 g/mol. The highest BCUT2D eigenvalue weighted by Crippen LogP contribution is 2.29. The summed E-state index contributed by atoms with van der Waals surface area (Å²) in [4.78, 5) is 24.0. The van der Waals surface area contributed by atoms with E-state index in [4.69, 9.17) is 9.47 Å². The lowest BCUT2D eigenvalue weighted by molar-refractivity contribution is -0.154. The lowest BCUT2D eigenvalue weighted by atomic mass is 9.85.